The Hall–Kier alpha value is -0.330. The molecule has 0 aromatic rings. The van der Waals surface area contributed by atoms with Gasteiger partial charge in [-0.05, 0) is 5.92 Å². The van der Waals surface area contributed by atoms with Crippen molar-refractivity contribution in [2.24, 2.45) is 16.8 Å². The zero-order valence-corrected chi connectivity index (χ0v) is 4.89. The Labute approximate surface area is 44.5 Å². The SMILES string of the molecule is CC(C)C1C=NC1. The molecule has 0 aromatic heterocycles. The third-order valence-corrected chi connectivity index (χ3v) is 1.47. The van der Waals surface area contributed by atoms with Gasteiger partial charge in [0, 0.05) is 18.7 Å². The Bertz CT molecular complexity index is 84.2. The Kier molecular flexibility index (Phi) is 1.13. The van der Waals surface area contributed by atoms with E-state index in [0.717, 1.165) is 18.4 Å². The average Bonchev–Trinajstić information content (AvgIpc) is 1.23. The fourth-order valence-corrected chi connectivity index (χ4v) is 0.610. The summed E-state index contributed by atoms with van der Waals surface area (Å²) in [7, 11) is 0. The van der Waals surface area contributed by atoms with E-state index in [1.165, 1.54) is 0 Å². The van der Waals surface area contributed by atoms with Crippen molar-refractivity contribution in [1.29, 1.82) is 0 Å². The van der Waals surface area contributed by atoms with Crippen LogP contribution in [-0.4, -0.2) is 12.8 Å². The monoisotopic (exact) mass is 97.1 g/mol. The second-order valence-electron chi connectivity index (χ2n) is 2.42. The maximum Gasteiger partial charge on any atom is 0.0465 e. The zero-order valence-electron chi connectivity index (χ0n) is 4.89. The maximum absolute atomic E-state index is 3.99. The quantitative estimate of drug-likeness (QED) is 0.468. The molecule has 1 aliphatic heterocycles. The molecule has 0 bridgehead atoms. The molecule has 0 aromatic carbocycles. The number of hydrogen-bond acceptors (Lipinski definition) is 1. The normalized spacial score (nSPS) is 28.1. The summed E-state index contributed by atoms with van der Waals surface area (Å²) < 4.78 is 0. The molecule has 0 aliphatic carbocycles. The Morgan fingerprint density at radius 3 is 2.29 bits per heavy atom. The van der Waals surface area contributed by atoms with Gasteiger partial charge < -0.3 is 0 Å². The van der Waals surface area contributed by atoms with Crippen molar-refractivity contribution in [2.45, 2.75) is 13.8 Å². The molecule has 0 saturated carbocycles. The molecule has 1 heterocycles. The minimum Gasteiger partial charge on any atom is -0.296 e. The van der Waals surface area contributed by atoms with Crippen molar-refractivity contribution in [2.75, 3.05) is 6.54 Å². The van der Waals surface area contributed by atoms with E-state index >= 15 is 0 Å². The summed E-state index contributed by atoms with van der Waals surface area (Å²) >= 11 is 0. The number of nitrogens with zero attached hydrogens (tertiary/aromatic N) is 1. The molecule has 1 nitrogen and oxygen atoms in total. The van der Waals surface area contributed by atoms with E-state index in [1.54, 1.807) is 0 Å². The lowest BCUT2D eigenvalue weighted by Crippen LogP contribution is -2.21. The first kappa shape index (κ1) is 4.82. The van der Waals surface area contributed by atoms with Crippen molar-refractivity contribution in [3.63, 3.8) is 0 Å². The molecule has 1 heteroatoms. The number of hydrogen-bond donors (Lipinski definition) is 0. The molecular weight excluding hydrogens is 86.1 g/mol. The Balaban J connectivity index is 2.29. The van der Waals surface area contributed by atoms with Gasteiger partial charge in [0.05, 0.1) is 0 Å². The maximum atomic E-state index is 3.99. The smallest absolute Gasteiger partial charge is 0.0465 e. The fourth-order valence-electron chi connectivity index (χ4n) is 0.610. The molecule has 1 rings (SSSR count). The standard InChI is InChI=1S/C6H11N/c1-5(2)6-3-7-4-6/h3,5-6H,4H2,1-2H3. The predicted molar refractivity (Wildman–Crippen MR) is 31.7 cm³/mol. The largest absolute Gasteiger partial charge is 0.296 e. The highest BCUT2D eigenvalue weighted by atomic mass is 14.8. The third-order valence-electron chi connectivity index (χ3n) is 1.47. The van der Waals surface area contributed by atoms with Crippen molar-refractivity contribution in [3.05, 3.63) is 0 Å². The molecule has 1 aliphatic rings. The molecule has 0 amide bonds. The first-order chi connectivity index (χ1) is 3.30. The topological polar surface area (TPSA) is 12.4 Å². The molecule has 0 N–H and O–H groups in total. The van der Waals surface area contributed by atoms with Gasteiger partial charge in [-0.15, -0.1) is 0 Å². The van der Waals surface area contributed by atoms with Crippen LogP contribution in [0.15, 0.2) is 4.99 Å². The Morgan fingerprint density at radius 1 is 1.71 bits per heavy atom. The lowest BCUT2D eigenvalue weighted by molar-refractivity contribution is 0.481. The van der Waals surface area contributed by atoms with Gasteiger partial charge in [-0.2, -0.15) is 0 Å². The van der Waals surface area contributed by atoms with Gasteiger partial charge in [-0.3, -0.25) is 4.99 Å². The van der Waals surface area contributed by atoms with E-state index in [4.69, 9.17) is 0 Å². The van der Waals surface area contributed by atoms with Crippen LogP contribution in [0.1, 0.15) is 13.8 Å². The summed E-state index contributed by atoms with van der Waals surface area (Å²) in [5, 5.41) is 0. The van der Waals surface area contributed by atoms with Gasteiger partial charge in [0.25, 0.3) is 0 Å². The first-order valence-corrected chi connectivity index (χ1v) is 2.80. The van der Waals surface area contributed by atoms with Gasteiger partial charge in [0.15, 0.2) is 0 Å². The summed E-state index contributed by atoms with van der Waals surface area (Å²) in [5.74, 6) is 1.59. The summed E-state index contributed by atoms with van der Waals surface area (Å²) in [5.41, 5.74) is 0. The van der Waals surface area contributed by atoms with Gasteiger partial charge in [-0.1, -0.05) is 13.8 Å². The van der Waals surface area contributed by atoms with Crippen LogP contribution in [0, 0.1) is 11.8 Å². The van der Waals surface area contributed by atoms with Crippen LogP contribution in [0.2, 0.25) is 0 Å². The van der Waals surface area contributed by atoms with E-state index < -0.39 is 0 Å². The Morgan fingerprint density at radius 2 is 2.29 bits per heavy atom. The highest BCUT2D eigenvalue weighted by Crippen LogP contribution is 2.13. The minimum absolute atomic E-state index is 0.792. The van der Waals surface area contributed by atoms with E-state index in [2.05, 4.69) is 18.8 Å². The first-order valence-electron chi connectivity index (χ1n) is 2.80. The highest BCUT2D eigenvalue weighted by Gasteiger charge is 2.14. The van der Waals surface area contributed by atoms with Crippen LogP contribution in [0.3, 0.4) is 0 Å². The lowest BCUT2D eigenvalue weighted by atomic mass is 9.94. The summed E-state index contributed by atoms with van der Waals surface area (Å²) in [6.45, 7) is 5.53. The van der Waals surface area contributed by atoms with E-state index in [1.807, 2.05) is 6.21 Å². The van der Waals surface area contributed by atoms with Crippen molar-refractivity contribution < 1.29 is 0 Å². The zero-order chi connectivity index (χ0) is 5.28. The van der Waals surface area contributed by atoms with Crippen LogP contribution >= 0.6 is 0 Å². The summed E-state index contributed by atoms with van der Waals surface area (Å²) in [6, 6.07) is 0. The van der Waals surface area contributed by atoms with E-state index in [0.29, 0.717) is 0 Å². The third kappa shape index (κ3) is 0.817. The summed E-state index contributed by atoms with van der Waals surface area (Å²) in [6.07, 6.45) is 2.05. The van der Waals surface area contributed by atoms with Crippen LogP contribution in [-0.2, 0) is 0 Å². The lowest BCUT2D eigenvalue weighted by Gasteiger charge is -2.19. The minimum atomic E-state index is 0.792. The van der Waals surface area contributed by atoms with E-state index in [-0.39, 0.29) is 0 Å². The molecule has 0 fully saturated rings. The van der Waals surface area contributed by atoms with Gasteiger partial charge >= 0.3 is 0 Å². The molecule has 1 atom stereocenters. The number of aliphatic imine (C=N–C) groups is 1. The van der Waals surface area contributed by atoms with Crippen molar-refractivity contribution >= 4 is 6.21 Å². The van der Waals surface area contributed by atoms with Crippen molar-refractivity contribution in [3.8, 4) is 0 Å². The molecule has 40 valence electrons. The molecular formula is C6H11N. The molecule has 0 saturated heterocycles. The molecule has 1 unspecified atom stereocenters. The molecule has 7 heavy (non-hydrogen) atoms. The predicted octanol–water partition coefficient (Wildman–Crippen LogP) is 1.34. The second-order valence-corrected chi connectivity index (χ2v) is 2.42. The number of rotatable bonds is 1. The second kappa shape index (κ2) is 1.65. The highest BCUT2D eigenvalue weighted by molar-refractivity contribution is 5.66. The van der Waals surface area contributed by atoms with Gasteiger partial charge in [0.2, 0.25) is 0 Å². The van der Waals surface area contributed by atoms with Crippen LogP contribution in [0.5, 0.6) is 0 Å². The van der Waals surface area contributed by atoms with Crippen LogP contribution < -0.4 is 0 Å². The molecule has 0 spiro atoms. The van der Waals surface area contributed by atoms with Crippen molar-refractivity contribution in [1.82, 2.24) is 0 Å². The van der Waals surface area contributed by atoms with Crippen LogP contribution in [0.4, 0.5) is 0 Å². The van der Waals surface area contributed by atoms with Gasteiger partial charge in [-0.25, -0.2) is 0 Å². The average molecular weight is 97.2 g/mol. The summed E-state index contributed by atoms with van der Waals surface area (Å²) in [4.78, 5) is 3.99. The van der Waals surface area contributed by atoms with Crippen LogP contribution in [0.25, 0.3) is 0 Å². The fraction of sp³-hybridized carbons (Fsp3) is 0.833. The van der Waals surface area contributed by atoms with E-state index in [9.17, 15) is 0 Å². The molecule has 0 radical (unpaired) electrons. The van der Waals surface area contributed by atoms with Gasteiger partial charge in [0.1, 0.15) is 0 Å².